The number of aliphatic hydroxyl groups is 1. The normalized spacial score (nSPS) is 18.0. The summed E-state index contributed by atoms with van der Waals surface area (Å²) in [6.07, 6.45) is -0.690. The van der Waals surface area contributed by atoms with Crippen LogP contribution < -0.4 is 0 Å². The molecule has 0 rings (SSSR count). The summed E-state index contributed by atoms with van der Waals surface area (Å²) in [5.74, 6) is 0. The zero-order chi connectivity index (χ0) is 9.12. The van der Waals surface area contributed by atoms with Crippen molar-refractivity contribution < 1.29 is 18.3 Å². The Bertz CT molecular complexity index is 125. The topological polar surface area (TPSA) is 20.2 Å². The van der Waals surface area contributed by atoms with Gasteiger partial charge < -0.3 is 5.11 Å². The van der Waals surface area contributed by atoms with E-state index < -0.39 is 16.4 Å². The van der Waals surface area contributed by atoms with E-state index in [4.69, 9.17) is 16.7 Å². The van der Waals surface area contributed by atoms with Gasteiger partial charge in [-0.1, -0.05) is 11.6 Å². The van der Waals surface area contributed by atoms with Gasteiger partial charge in [-0.25, -0.2) is 4.39 Å². The van der Waals surface area contributed by atoms with Gasteiger partial charge in [-0.15, -0.1) is 0 Å². The van der Waals surface area contributed by atoms with Crippen molar-refractivity contribution in [3.63, 3.8) is 0 Å². The summed E-state index contributed by atoms with van der Waals surface area (Å²) in [6, 6.07) is 0. The standard InChI is InChI=1S/C5H7BrClF3O/c6-5(9,10)4(7,8)2-1-3-11/h11H,1-3H2/t4-/m0/s1. The molecule has 0 radical (unpaired) electrons. The van der Waals surface area contributed by atoms with Gasteiger partial charge in [-0.3, -0.25) is 0 Å². The van der Waals surface area contributed by atoms with Gasteiger partial charge in [0.1, 0.15) is 0 Å². The van der Waals surface area contributed by atoms with Crippen LogP contribution in [0, 0.1) is 0 Å². The molecule has 0 saturated carbocycles. The lowest BCUT2D eigenvalue weighted by Gasteiger charge is -2.22. The molecule has 0 fully saturated rings. The Hall–Kier alpha value is 0.520. The third-order valence-electron chi connectivity index (χ3n) is 1.06. The van der Waals surface area contributed by atoms with Crippen molar-refractivity contribution in [3.8, 4) is 0 Å². The van der Waals surface area contributed by atoms with Crippen molar-refractivity contribution in [2.45, 2.75) is 22.8 Å². The summed E-state index contributed by atoms with van der Waals surface area (Å²) >= 11 is 6.62. The van der Waals surface area contributed by atoms with Crippen LogP contribution in [-0.4, -0.2) is 21.7 Å². The Morgan fingerprint density at radius 3 is 2.09 bits per heavy atom. The SMILES string of the molecule is OCCC[C@@](F)(Cl)C(F)(F)Br. The van der Waals surface area contributed by atoms with Gasteiger partial charge >= 0.3 is 4.83 Å². The van der Waals surface area contributed by atoms with E-state index in [1.165, 1.54) is 0 Å². The van der Waals surface area contributed by atoms with Crippen molar-refractivity contribution in [3.05, 3.63) is 0 Å². The number of aliphatic hydroxyl groups excluding tert-OH is 1. The predicted molar refractivity (Wildman–Crippen MR) is 39.9 cm³/mol. The molecular formula is C5H7BrClF3O. The largest absolute Gasteiger partial charge is 0.396 e. The van der Waals surface area contributed by atoms with Gasteiger partial charge in [0.25, 0.3) is 5.13 Å². The minimum Gasteiger partial charge on any atom is -0.396 e. The van der Waals surface area contributed by atoms with Gasteiger partial charge in [0.05, 0.1) is 0 Å². The summed E-state index contributed by atoms with van der Waals surface area (Å²) < 4.78 is 36.9. The van der Waals surface area contributed by atoms with Crippen LogP contribution >= 0.6 is 27.5 Å². The highest BCUT2D eigenvalue weighted by atomic mass is 79.9. The molecule has 0 aromatic rings. The van der Waals surface area contributed by atoms with Crippen LogP contribution in [0.2, 0.25) is 0 Å². The maximum absolute atomic E-state index is 12.6. The van der Waals surface area contributed by atoms with Crippen LogP contribution in [0.25, 0.3) is 0 Å². The highest BCUT2D eigenvalue weighted by molar-refractivity contribution is 9.10. The van der Waals surface area contributed by atoms with E-state index in [0.29, 0.717) is 0 Å². The van der Waals surface area contributed by atoms with Crippen molar-refractivity contribution in [2.24, 2.45) is 0 Å². The summed E-state index contributed by atoms with van der Waals surface area (Å²) in [5.41, 5.74) is 0. The molecule has 0 aliphatic carbocycles. The predicted octanol–water partition coefficient (Wildman–Crippen LogP) is 2.65. The van der Waals surface area contributed by atoms with Crippen molar-refractivity contribution in [1.29, 1.82) is 0 Å². The van der Waals surface area contributed by atoms with Crippen LogP contribution in [0.3, 0.4) is 0 Å². The maximum atomic E-state index is 12.6. The molecule has 0 aliphatic rings. The average molecular weight is 255 g/mol. The molecule has 0 heterocycles. The quantitative estimate of drug-likeness (QED) is 0.766. The second-order valence-electron chi connectivity index (χ2n) is 2.03. The zero-order valence-electron chi connectivity index (χ0n) is 5.46. The molecule has 0 aromatic heterocycles. The molecular weight excluding hydrogens is 248 g/mol. The highest BCUT2D eigenvalue weighted by Gasteiger charge is 2.50. The second-order valence-corrected chi connectivity index (χ2v) is 3.62. The van der Waals surface area contributed by atoms with Gasteiger partial charge in [0.2, 0.25) is 0 Å². The monoisotopic (exact) mass is 254 g/mol. The number of alkyl halides is 5. The number of hydrogen-bond donors (Lipinski definition) is 1. The lowest BCUT2D eigenvalue weighted by Crippen LogP contribution is -2.33. The molecule has 0 amide bonds. The lowest BCUT2D eigenvalue weighted by atomic mass is 10.2. The van der Waals surface area contributed by atoms with Gasteiger partial charge in [0.15, 0.2) is 0 Å². The van der Waals surface area contributed by atoms with Crippen molar-refractivity contribution >= 4 is 27.5 Å². The maximum Gasteiger partial charge on any atom is 0.348 e. The van der Waals surface area contributed by atoms with Gasteiger partial charge in [-0.2, -0.15) is 8.78 Å². The Kier molecular flexibility index (Phi) is 4.15. The van der Waals surface area contributed by atoms with E-state index in [1.807, 2.05) is 15.9 Å². The summed E-state index contributed by atoms with van der Waals surface area (Å²) in [5, 5.41) is 5.09. The molecule has 0 aromatic carbocycles. The van der Waals surface area contributed by atoms with Crippen LogP contribution in [-0.2, 0) is 0 Å². The number of rotatable bonds is 4. The fourth-order valence-corrected chi connectivity index (χ4v) is 0.775. The van der Waals surface area contributed by atoms with E-state index >= 15 is 0 Å². The summed E-state index contributed by atoms with van der Waals surface area (Å²) in [6.45, 7) is -0.360. The van der Waals surface area contributed by atoms with E-state index in [0.717, 1.165) is 0 Å². The third kappa shape index (κ3) is 3.62. The Labute approximate surface area is 75.7 Å². The number of hydrogen-bond acceptors (Lipinski definition) is 1. The Balaban J connectivity index is 4.00. The van der Waals surface area contributed by atoms with Crippen molar-refractivity contribution in [2.75, 3.05) is 6.61 Å². The van der Waals surface area contributed by atoms with Crippen molar-refractivity contribution in [1.82, 2.24) is 0 Å². The summed E-state index contributed by atoms with van der Waals surface area (Å²) in [4.78, 5) is -3.75. The molecule has 1 atom stereocenters. The first kappa shape index (κ1) is 11.5. The average Bonchev–Trinajstić information content (AvgIpc) is 1.81. The molecule has 0 spiro atoms. The second kappa shape index (κ2) is 3.96. The third-order valence-corrected chi connectivity index (χ3v) is 2.35. The molecule has 0 saturated heterocycles. The van der Waals surface area contributed by atoms with E-state index in [-0.39, 0.29) is 13.0 Å². The van der Waals surface area contributed by atoms with Crippen LogP contribution in [0.15, 0.2) is 0 Å². The first-order valence-corrected chi connectivity index (χ1v) is 4.04. The fourth-order valence-electron chi connectivity index (χ4n) is 0.443. The molecule has 1 N–H and O–H groups in total. The van der Waals surface area contributed by atoms with E-state index in [2.05, 4.69) is 0 Å². The number of halogens is 5. The molecule has 11 heavy (non-hydrogen) atoms. The summed E-state index contributed by atoms with van der Waals surface area (Å²) in [7, 11) is 0. The fraction of sp³-hybridized carbons (Fsp3) is 1.00. The zero-order valence-corrected chi connectivity index (χ0v) is 7.80. The minimum absolute atomic E-state index is 0.0960. The smallest absolute Gasteiger partial charge is 0.348 e. The molecule has 0 aliphatic heterocycles. The van der Waals surface area contributed by atoms with Gasteiger partial charge in [0, 0.05) is 13.0 Å². The molecule has 6 heteroatoms. The lowest BCUT2D eigenvalue weighted by molar-refractivity contribution is -0.0123. The van der Waals surface area contributed by atoms with Gasteiger partial charge in [-0.05, 0) is 22.4 Å². The van der Waals surface area contributed by atoms with Crippen LogP contribution in [0.4, 0.5) is 13.2 Å². The minimum atomic E-state index is -3.75. The molecule has 1 nitrogen and oxygen atoms in total. The Morgan fingerprint density at radius 2 is 1.82 bits per heavy atom. The first-order valence-electron chi connectivity index (χ1n) is 2.86. The first-order chi connectivity index (χ1) is 4.81. The van der Waals surface area contributed by atoms with E-state index in [9.17, 15) is 13.2 Å². The van der Waals surface area contributed by atoms with E-state index in [1.54, 1.807) is 0 Å². The Morgan fingerprint density at radius 1 is 1.36 bits per heavy atom. The molecule has 68 valence electrons. The van der Waals surface area contributed by atoms with Crippen LogP contribution in [0.5, 0.6) is 0 Å². The highest BCUT2D eigenvalue weighted by Crippen LogP contribution is 2.44. The van der Waals surface area contributed by atoms with Crippen LogP contribution in [0.1, 0.15) is 12.8 Å². The molecule has 0 bridgehead atoms. The molecule has 0 unspecified atom stereocenters.